The van der Waals surface area contributed by atoms with Gasteiger partial charge in [0.25, 0.3) is 5.91 Å². The lowest BCUT2D eigenvalue weighted by Gasteiger charge is -2.29. The molecule has 2 saturated heterocycles. The molecule has 14 heteroatoms. The Morgan fingerprint density at radius 2 is 1.83 bits per heavy atom. The van der Waals surface area contributed by atoms with Crippen molar-refractivity contribution < 1.29 is 37.0 Å². The van der Waals surface area contributed by atoms with Gasteiger partial charge in [-0.1, -0.05) is 0 Å². The third kappa shape index (κ3) is 8.83. The van der Waals surface area contributed by atoms with Crippen molar-refractivity contribution in [1.29, 1.82) is 5.26 Å². The number of hydrogen-bond acceptors (Lipinski definition) is 8. The zero-order valence-electron chi connectivity index (χ0n) is 23.3. The number of alkyl halides is 3. The van der Waals surface area contributed by atoms with Gasteiger partial charge in [0.1, 0.15) is 5.54 Å². The Morgan fingerprint density at radius 3 is 2.49 bits per heavy atom. The largest absolute Gasteiger partial charge is 0.417 e. The van der Waals surface area contributed by atoms with E-state index in [-0.39, 0.29) is 29.7 Å². The smallest absolute Gasteiger partial charge is 0.379 e. The molecule has 1 N–H and O–H groups in total. The van der Waals surface area contributed by atoms with Gasteiger partial charge >= 0.3 is 6.18 Å². The Balaban J connectivity index is 1.37. The lowest BCUT2D eigenvalue weighted by Crippen LogP contribution is -2.44. The molecule has 0 saturated carbocycles. The van der Waals surface area contributed by atoms with E-state index in [0.29, 0.717) is 39.4 Å². The van der Waals surface area contributed by atoms with Crippen LogP contribution in [0.25, 0.3) is 0 Å². The molecule has 0 aliphatic carbocycles. The summed E-state index contributed by atoms with van der Waals surface area (Å²) in [6, 6.07) is 4.58. The van der Waals surface area contributed by atoms with Crippen molar-refractivity contribution >= 4 is 34.8 Å². The van der Waals surface area contributed by atoms with Crippen LogP contribution in [0.3, 0.4) is 0 Å². The van der Waals surface area contributed by atoms with E-state index in [0.717, 1.165) is 49.9 Å². The van der Waals surface area contributed by atoms with Gasteiger partial charge in [0, 0.05) is 39.1 Å². The van der Waals surface area contributed by atoms with Gasteiger partial charge in [-0.3, -0.25) is 19.4 Å². The maximum Gasteiger partial charge on any atom is 0.417 e. The van der Waals surface area contributed by atoms with Crippen LogP contribution >= 0.6 is 12.2 Å². The minimum absolute atomic E-state index is 0.0406. The molecule has 2 aliphatic heterocycles. The average molecular weight is 600 g/mol. The number of halogens is 3. The summed E-state index contributed by atoms with van der Waals surface area (Å²) < 4.78 is 56.8. The first-order valence-corrected chi connectivity index (χ1v) is 13.9. The summed E-state index contributed by atoms with van der Waals surface area (Å²) in [6.45, 7) is 9.92. The van der Waals surface area contributed by atoms with E-state index >= 15 is 0 Å². The predicted molar refractivity (Wildman–Crippen MR) is 148 cm³/mol. The lowest BCUT2D eigenvalue weighted by atomic mass is 10.0. The standard InChI is InChI=1S/C27H36F3N5O5S/c1-26(2)24(37)35(21-6-5-20(19-31)22(18-21)27(28,29)30)25(41)34(26)8-3-4-23(36)32-7-12-38-16-17-40-15-11-33-9-13-39-14-10-33/h5-6,18H,3-4,7-17H2,1-2H3,(H,32,36). The van der Waals surface area contributed by atoms with Gasteiger partial charge < -0.3 is 24.4 Å². The number of benzene rings is 1. The molecule has 0 atom stereocenters. The van der Waals surface area contributed by atoms with Crippen LogP contribution in [-0.2, 0) is 30.0 Å². The van der Waals surface area contributed by atoms with Gasteiger partial charge in [-0.05, 0) is 50.7 Å². The van der Waals surface area contributed by atoms with Crippen LogP contribution in [0.4, 0.5) is 18.9 Å². The van der Waals surface area contributed by atoms with E-state index in [1.807, 2.05) is 0 Å². The molecule has 2 heterocycles. The Kier molecular flexibility index (Phi) is 11.9. The van der Waals surface area contributed by atoms with Crippen LogP contribution in [0.15, 0.2) is 18.2 Å². The first kappa shape index (κ1) is 32.7. The van der Waals surface area contributed by atoms with Crippen molar-refractivity contribution in [2.45, 2.75) is 38.4 Å². The van der Waals surface area contributed by atoms with Crippen molar-refractivity contribution in [2.24, 2.45) is 0 Å². The van der Waals surface area contributed by atoms with E-state index in [4.69, 9.17) is 31.7 Å². The second-order valence-corrected chi connectivity index (χ2v) is 10.5. The maximum absolute atomic E-state index is 13.5. The summed E-state index contributed by atoms with van der Waals surface area (Å²) in [6.07, 6.45) is -4.23. The first-order chi connectivity index (χ1) is 19.5. The molecule has 0 spiro atoms. The monoisotopic (exact) mass is 599 g/mol. The van der Waals surface area contributed by atoms with Crippen LogP contribution in [0.1, 0.15) is 37.8 Å². The Labute approximate surface area is 243 Å². The van der Waals surface area contributed by atoms with Gasteiger partial charge in [-0.2, -0.15) is 18.4 Å². The highest BCUT2D eigenvalue weighted by molar-refractivity contribution is 7.80. The minimum Gasteiger partial charge on any atom is -0.379 e. The number of amides is 2. The summed E-state index contributed by atoms with van der Waals surface area (Å²) in [4.78, 5) is 30.4. The highest BCUT2D eigenvalue weighted by Gasteiger charge is 2.49. The fourth-order valence-corrected chi connectivity index (χ4v) is 5.04. The van der Waals surface area contributed by atoms with Crippen LogP contribution < -0.4 is 10.2 Å². The topological polar surface area (TPSA) is 107 Å². The molecule has 0 radical (unpaired) electrons. The number of ether oxygens (including phenoxy) is 3. The van der Waals surface area contributed by atoms with Gasteiger partial charge in [0.2, 0.25) is 5.91 Å². The lowest BCUT2D eigenvalue weighted by molar-refractivity contribution is -0.137. The fraction of sp³-hybridized carbons (Fsp3) is 0.630. The molecule has 41 heavy (non-hydrogen) atoms. The molecule has 1 aromatic rings. The quantitative estimate of drug-likeness (QED) is 0.255. The van der Waals surface area contributed by atoms with E-state index < -0.39 is 28.7 Å². The summed E-state index contributed by atoms with van der Waals surface area (Å²) >= 11 is 5.47. The molecule has 1 aromatic carbocycles. The van der Waals surface area contributed by atoms with Gasteiger partial charge in [0.15, 0.2) is 5.11 Å². The second kappa shape index (κ2) is 14.9. The molecule has 2 aliphatic rings. The molecule has 2 amide bonds. The van der Waals surface area contributed by atoms with E-state index in [2.05, 4.69) is 10.2 Å². The molecule has 226 valence electrons. The molecule has 10 nitrogen and oxygen atoms in total. The number of morpholine rings is 1. The zero-order chi connectivity index (χ0) is 30.0. The van der Waals surface area contributed by atoms with Gasteiger partial charge in [-0.25, -0.2) is 0 Å². The Bertz CT molecular complexity index is 1120. The first-order valence-electron chi connectivity index (χ1n) is 13.5. The number of nitrogens with one attached hydrogen (secondary N) is 1. The van der Waals surface area contributed by atoms with Crippen LogP contribution in [-0.4, -0.2) is 105 Å². The SMILES string of the molecule is CC1(C)C(=O)N(c2ccc(C#N)c(C(F)(F)F)c2)C(=S)N1CCCC(=O)NCCOCCOCCN1CCOCC1. The average Bonchev–Trinajstić information content (AvgIpc) is 3.10. The van der Waals surface area contributed by atoms with Crippen molar-refractivity contribution in [2.75, 3.05) is 77.3 Å². The van der Waals surface area contributed by atoms with Crippen molar-refractivity contribution in [1.82, 2.24) is 15.1 Å². The highest BCUT2D eigenvalue weighted by atomic mass is 32.1. The summed E-state index contributed by atoms with van der Waals surface area (Å²) in [5, 5.41) is 11.9. The summed E-state index contributed by atoms with van der Waals surface area (Å²) in [5.74, 6) is -0.685. The number of nitrogens with zero attached hydrogens (tertiary/aromatic N) is 4. The highest BCUT2D eigenvalue weighted by Crippen LogP contribution is 2.37. The number of rotatable bonds is 14. The van der Waals surface area contributed by atoms with Crippen molar-refractivity contribution in [3.63, 3.8) is 0 Å². The van der Waals surface area contributed by atoms with E-state index in [1.165, 1.54) is 12.1 Å². The number of hydrogen-bond donors (Lipinski definition) is 1. The molecule has 3 rings (SSSR count). The molecular weight excluding hydrogens is 563 g/mol. The normalized spacial score (nSPS) is 17.7. The Hall–Kier alpha value is -2.83. The second-order valence-electron chi connectivity index (χ2n) is 10.1. The molecule has 2 fully saturated rings. The van der Waals surface area contributed by atoms with E-state index in [1.54, 1.807) is 18.7 Å². The number of carbonyl (C=O) groups is 2. The predicted octanol–water partition coefficient (Wildman–Crippen LogP) is 2.55. The van der Waals surface area contributed by atoms with Crippen LogP contribution in [0.2, 0.25) is 0 Å². The van der Waals surface area contributed by atoms with Crippen LogP contribution in [0, 0.1) is 11.3 Å². The minimum atomic E-state index is -4.77. The maximum atomic E-state index is 13.5. The summed E-state index contributed by atoms with van der Waals surface area (Å²) in [7, 11) is 0. The number of thiocarbonyl (C=S) groups is 1. The third-order valence-electron chi connectivity index (χ3n) is 6.89. The molecule has 0 aromatic heterocycles. The third-order valence-corrected chi connectivity index (χ3v) is 7.30. The van der Waals surface area contributed by atoms with Crippen molar-refractivity contribution in [3.8, 4) is 6.07 Å². The Morgan fingerprint density at radius 1 is 1.15 bits per heavy atom. The van der Waals surface area contributed by atoms with Crippen molar-refractivity contribution in [3.05, 3.63) is 29.3 Å². The number of carbonyl (C=O) groups excluding carboxylic acids is 2. The number of nitriles is 1. The molecule has 0 bridgehead atoms. The summed E-state index contributed by atoms with van der Waals surface area (Å²) in [5.41, 5.74) is -2.87. The van der Waals surface area contributed by atoms with E-state index in [9.17, 15) is 22.8 Å². The van der Waals surface area contributed by atoms with Gasteiger partial charge in [-0.15, -0.1) is 0 Å². The number of anilines is 1. The zero-order valence-corrected chi connectivity index (χ0v) is 24.1. The molecular formula is C27H36F3N5O5S. The fourth-order valence-electron chi connectivity index (χ4n) is 4.53. The molecule has 0 unspecified atom stereocenters. The van der Waals surface area contributed by atoms with Gasteiger partial charge in [0.05, 0.1) is 62.5 Å². The van der Waals surface area contributed by atoms with Crippen LogP contribution in [0.5, 0.6) is 0 Å².